The lowest BCUT2D eigenvalue weighted by Gasteiger charge is -2.04. The first-order chi connectivity index (χ1) is 14.5. The molecule has 2 rings (SSSR count). The molecule has 0 bridgehead atoms. The second-order valence-corrected chi connectivity index (χ2v) is 8.59. The van der Waals surface area contributed by atoms with Gasteiger partial charge in [-0.25, -0.2) is 0 Å². The van der Waals surface area contributed by atoms with Crippen LogP contribution in [-0.4, -0.2) is 17.4 Å². The molecule has 0 spiro atoms. The van der Waals surface area contributed by atoms with Crippen LogP contribution in [0.5, 0.6) is 0 Å². The van der Waals surface area contributed by atoms with Crippen LogP contribution in [0.1, 0.15) is 71.4 Å². The second-order valence-electron chi connectivity index (χ2n) is 8.59. The highest BCUT2D eigenvalue weighted by molar-refractivity contribution is 5.88. The first-order valence-electron chi connectivity index (χ1n) is 11.5. The van der Waals surface area contributed by atoms with Crippen LogP contribution < -0.4 is 5.32 Å². The molecule has 0 aliphatic rings. The van der Waals surface area contributed by atoms with Crippen LogP contribution in [0.4, 0.5) is 0 Å². The Labute approximate surface area is 182 Å². The summed E-state index contributed by atoms with van der Waals surface area (Å²) in [7, 11) is 0. The van der Waals surface area contributed by atoms with Crippen molar-refractivity contribution in [2.24, 2.45) is 5.92 Å². The maximum Gasteiger partial charge on any atom is 0.244 e. The molecule has 0 fully saturated rings. The van der Waals surface area contributed by atoms with E-state index in [1.165, 1.54) is 49.6 Å². The van der Waals surface area contributed by atoms with Crippen LogP contribution in [-0.2, 0) is 11.2 Å². The summed E-state index contributed by atoms with van der Waals surface area (Å²) in [4.78, 5) is 16.5. The summed E-state index contributed by atoms with van der Waals surface area (Å²) < 4.78 is 0. The Bertz CT molecular complexity index is 836. The summed E-state index contributed by atoms with van der Waals surface area (Å²) >= 11 is 0. The molecule has 0 aliphatic carbocycles. The zero-order chi connectivity index (χ0) is 21.6. The van der Waals surface area contributed by atoms with E-state index < -0.39 is 0 Å². The Hall–Kier alpha value is -2.42. The van der Waals surface area contributed by atoms with E-state index in [1.54, 1.807) is 6.08 Å². The molecule has 0 saturated carbocycles. The SMILES string of the molecule is CC(C=CCCCCCCCCc1ccc2ccccc2n1)=CC(=O)NCC(C)C. The third kappa shape index (κ3) is 9.87. The molecule has 0 aliphatic heterocycles. The molecule has 1 N–H and O–H groups in total. The summed E-state index contributed by atoms with van der Waals surface area (Å²) in [6.45, 7) is 6.90. The van der Waals surface area contributed by atoms with Gasteiger partial charge in [-0.15, -0.1) is 0 Å². The van der Waals surface area contributed by atoms with Crippen molar-refractivity contribution in [1.29, 1.82) is 0 Å². The number of amides is 1. The number of nitrogens with zero attached hydrogens (tertiary/aromatic N) is 1. The van der Waals surface area contributed by atoms with Crippen molar-refractivity contribution in [2.45, 2.75) is 72.1 Å². The maximum atomic E-state index is 11.7. The quantitative estimate of drug-likeness (QED) is 0.226. The van der Waals surface area contributed by atoms with Gasteiger partial charge < -0.3 is 5.32 Å². The van der Waals surface area contributed by atoms with Crippen molar-refractivity contribution in [2.75, 3.05) is 6.54 Å². The fourth-order valence-electron chi connectivity index (χ4n) is 3.40. The van der Waals surface area contributed by atoms with E-state index in [4.69, 9.17) is 4.98 Å². The highest BCUT2D eigenvalue weighted by Crippen LogP contribution is 2.14. The first-order valence-corrected chi connectivity index (χ1v) is 11.5. The number of carbonyl (C=O) groups is 1. The average molecular weight is 407 g/mol. The van der Waals surface area contributed by atoms with E-state index in [-0.39, 0.29) is 5.91 Å². The van der Waals surface area contributed by atoms with Crippen LogP contribution in [0.25, 0.3) is 10.9 Å². The zero-order valence-corrected chi connectivity index (χ0v) is 19.0. The van der Waals surface area contributed by atoms with Gasteiger partial charge in [0.2, 0.25) is 5.91 Å². The Morgan fingerprint density at radius 3 is 2.53 bits per heavy atom. The lowest BCUT2D eigenvalue weighted by atomic mass is 10.1. The summed E-state index contributed by atoms with van der Waals surface area (Å²) in [5.41, 5.74) is 3.32. The molecule has 1 amide bonds. The number of nitrogens with one attached hydrogen (secondary N) is 1. The number of para-hydroxylation sites is 1. The van der Waals surface area contributed by atoms with Crippen LogP contribution in [0.15, 0.2) is 60.2 Å². The van der Waals surface area contributed by atoms with Gasteiger partial charge in [0.1, 0.15) is 0 Å². The summed E-state index contributed by atoms with van der Waals surface area (Å²) in [6, 6.07) is 12.7. The van der Waals surface area contributed by atoms with Crippen LogP contribution >= 0.6 is 0 Å². The van der Waals surface area contributed by atoms with Gasteiger partial charge in [0.15, 0.2) is 0 Å². The highest BCUT2D eigenvalue weighted by atomic mass is 16.1. The molecule has 3 heteroatoms. The lowest BCUT2D eigenvalue weighted by molar-refractivity contribution is -0.116. The van der Waals surface area contributed by atoms with Gasteiger partial charge in [-0.2, -0.15) is 0 Å². The normalized spacial score (nSPS) is 12.2. The fourth-order valence-corrected chi connectivity index (χ4v) is 3.40. The van der Waals surface area contributed by atoms with E-state index in [2.05, 4.69) is 67.7 Å². The van der Waals surface area contributed by atoms with E-state index in [0.717, 1.165) is 30.5 Å². The van der Waals surface area contributed by atoms with E-state index in [9.17, 15) is 4.79 Å². The van der Waals surface area contributed by atoms with Crippen molar-refractivity contribution in [3.8, 4) is 0 Å². The fraction of sp³-hybridized carbons (Fsp3) is 0.481. The number of aryl methyl sites for hydroxylation is 1. The first kappa shape index (κ1) is 23.9. The minimum atomic E-state index is 0.00439. The molecular formula is C27H38N2O. The molecule has 2 aromatic rings. The maximum absolute atomic E-state index is 11.7. The summed E-state index contributed by atoms with van der Waals surface area (Å²) in [5.74, 6) is 0.485. The largest absolute Gasteiger partial charge is 0.352 e. The van der Waals surface area contributed by atoms with Crippen molar-refractivity contribution >= 4 is 16.8 Å². The van der Waals surface area contributed by atoms with Gasteiger partial charge in [-0.05, 0) is 56.2 Å². The Morgan fingerprint density at radius 2 is 1.73 bits per heavy atom. The molecule has 3 nitrogen and oxygen atoms in total. The van der Waals surface area contributed by atoms with Crippen LogP contribution in [0.3, 0.4) is 0 Å². The summed E-state index contributed by atoms with van der Waals surface area (Å²) in [6.07, 6.45) is 15.7. The molecule has 30 heavy (non-hydrogen) atoms. The molecule has 0 unspecified atom stereocenters. The number of aromatic nitrogens is 1. The number of fused-ring (bicyclic) bond motifs is 1. The smallest absolute Gasteiger partial charge is 0.244 e. The number of unbranched alkanes of at least 4 members (excludes halogenated alkanes) is 6. The minimum absolute atomic E-state index is 0.00439. The molecule has 0 radical (unpaired) electrons. The number of hydrogen-bond acceptors (Lipinski definition) is 2. The van der Waals surface area contributed by atoms with Crippen LogP contribution in [0, 0.1) is 5.92 Å². The van der Waals surface area contributed by atoms with Gasteiger partial charge in [0.25, 0.3) is 0 Å². The Balaban J connectivity index is 1.50. The van der Waals surface area contributed by atoms with Gasteiger partial charge in [0, 0.05) is 23.7 Å². The third-order valence-corrected chi connectivity index (χ3v) is 5.13. The standard InChI is InChI=1S/C27H38N2O/c1-22(2)21-28-27(30)20-23(3)14-10-8-6-4-5-7-9-11-16-25-19-18-24-15-12-13-17-26(24)29-25/h10,12-15,17-20,22H,4-9,11,16,21H2,1-3H3,(H,28,30). The molecule has 1 aromatic heterocycles. The van der Waals surface area contributed by atoms with Gasteiger partial charge in [-0.1, -0.05) is 75.9 Å². The monoisotopic (exact) mass is 406 g/mol. The molecule has 162 valence electrons. The van der Waals surface area contributed by atoms with E-state index in [1.807, 2.05) is 6.92 Å². The number of pyridine rings is 1. The van der Waals surface area contributed by atoms with Gasteiger partial charge in [-0.3, -0.25) is 9.78 Å². The number of hydrogen-bond donors (Lipinski definition) is 1. The molecule has 1 aromatic carbocycles. The van der Waals surface area contributed by atoms with Crippen molar-refractivity contribution in [3.05, 3.63) is 65.9 Å². The Kier molecular flexibility index (Phi) is 10.9. The topological polar surface area (TPSA) is 42.0 Å². The van der Waals surface area contributed by atoms with Crippen molar-refractivity contribution < 1.29 is 4.79 Å². The van der Waals surface area contributed by atoms with Crippen molar-refractivity contribution in [3.63, 3.8) is 0 Å². The van der Waals surface area contributed by atoms with Crippen molar-refractivity contribution in [1.82, 2.24) is 10.3 Å². The predicted octanol–water partition coefficient (Wildman–Crippen LogP) is 6.78. The number of rotatable bonds is 13. The van der Waals surface area contributed by atoms with Gasteiger partial charge >= 0.3 is 0 Å². The number of carbonyl (C=O) groups excluding carboxylic acids is 1. The Morgan fingerprint density at radius 1 is 1.00 bits per heavy atom. The molecule has 0 saturated heterocycles. The number of benzene rings is 1. The number of allylic oxidation sites excluding steroid dienone is 3. The highest BCUT2D eigenvalue weighted by Gasteiger charge is 1.99. The van der Waals surface area contributed by atoms with E-state index in [0.29, 0.717) is 5.92 Å². The zero-order valence-electron chi connectivity index (χ0n) is 19.0. The third-order valence-electron chi connectivity index (χ3n) is 5.13. The molecular weight excluding hydrogens is 368 g/mol. The van der Waals surface area contributed by atoms with Gasteiger partial charge in [0.05, 0.1) is 5.52 Å². The van der Waals surface area contributed by atoms with Crippen LogP contribution in [0.2, 0.25) is 0 Å². The second kappa shape index (κ2) is 13.7. The summed E-state index contributed by atoms with van der Waals surface area (Å²) in [5, 5.41) is 4.13. The molecule has 1 heterocycles. The average Bonchev–Trinajstić information content (AvgIpc) is 2.73. The van der Waals surface area contributed by atoms with E-state index >= 15 is 0 Å². The lowest BCUT2D eigenvalue weighted by Crippen LogP contribution is -2.25. The molecule has 0 atom stereocenters. The minimum Gasteiger partial charge on any atom is -0.352 e. The predicted molar refractivity (Wildman–Crippen MR) is 129 cm³/mol.